The molecule has 182 valence electrons. The Hall–Kier alpha value is -1.10. The first kappa shape index (κ1) is 37.4. The molecule has 5 rings (SSSR count). The Morgan fingerprint density at radius 2 is 1.50 bits per heavy atom. The average Bonchev–Trinajstić information content (AvgIpc) is 3.04. The van der Waals surface area contributed by atoms with Crippen LogP contribution in [0.2, 0.25) is 0 Å². The van der Waals surface area contributed by atoms with Crippen molar-refractivity contribution in [2.75, 3.05) is 0 Å². The Labute approximate surface area is 238 Å². The number of rotatable bonds is 1. The Balaban J connectivity index is -0.000000566. The van der Waals surface area contributed by atoms with Gasteiger partial charge in [-0.25, -0.2) is 0 Å². The van der Waals surface area contributed by atoms with Gasteiger partial charge in [-0.1, -0.05) is 73.1 Å². The van der Waals surface area contributed by atoms with Crippen molar-refractivity contribution in [3.63, 3.8) is 0 Å². The third kappa shape index (κ3) is 7.45. The van der Waals surface area contributed by atoms with Gasteiger partial charge in [0.05, 0.1) is 5.91 Å². The quantitative estimate of drug-likeness (QED) is 0.262. The normalized spacial score (nSPS) is 15.7. The zero-order valence-corrected chi connectivity index (χ0v) is 24.5. The molecule has 0 bridgehead atoms. The maximum Gasteiger partial charge on any atom is 2.00 e. The molecule has 4 radical (unpaired) electrons. The second-order valence-corrected chi connectivity index (χ2v) is 8.13. The van der Waals surface area contributed by atoms with Gasteiger partial charge in [-0.2, -0.15) is 0 Å². The smallest absolute Gasteiger partial charge is 1.00 e. The van der Waals surface area contributed by atoms with Gasteiger partial charge in [0, 0.05) is 16.9 Å². The van der Waals surface area contributed by atoms with E-state index in [0.29, 0.717) is 5.92 Å². The molecule has 0 aliphatic heterocycles. The van der Waals surface area contributed by atoms with Crippen LogP contribution in [0.3, 0.4) is 0 Å². The number of hydrogen-bond donors (Lipinski definition) is 0. The number of amides is 1. The summed E-state index contributed by atoms with van der Waals surface area (Å²) in [7, 11) is 0. The van der Waals surface area contributed by atoms with Crippen molar-refractivity contribution >= 4 is 44.0 Å². The van der Waals surface area contributed by atoms with Crippen molar-refractivity contribution < 1.29 is 51.3 Å². The van der Waals surface area contributed by atoms with Crippen LogP contribution in [0.5, 0.6) is 0 Å². The molecule has 0 heterocycles. The summed E-state index contributed by atoms with van der Waals surface area (Å²) in [6, 6.07) is 18.5. The van der Waals surface area contributed by atoms with E-state index in [1.165, 1.54) is 44.7 Å². The molecule has 6 heteroatoms. The summed E-state index contributed by atoms with van der Waals surface area (Å²) >= 11 is 0. The van der Waals surface area contributed by atoms with Gasteiger partial charge in [-0.3, -0.25) is 0 Å². The summed E-state index contributed by atoms with van der Waals surface area (Å²) in [5, 5.41) is 5.33. The third-order valence-electron chi connectivity index (χ3n) is 6.21. The van der Waals surface area contributed by atoms with E-state index in [2.05, 4.69) is 62.4 Å². The summed E-state index contributed by atoms with van der Waals surface area (Å²) in [6.07, 6.45) is 7.84. The predicted molar refractivity (Wildman–Crippen MR) is 137 cm³/mol. The molecule has 1 fully saturated rings. The molecule has 2 aliphatic carbocycles. The average molecular weight is 546 g/mol. The van der Waals surface area contributed by atoms with Crippen molar-refractivity contribution in [1.29, 1.82) is 0 Å². The molecule has 2 nitrogen and oxygen atoms in total. The van der Waals surface area contributed by atoms with E-state index < -0.39 is 0 Å². The van der Waals surface area contributed by atoms with Crippen molar-refractivity contribution in [3.8, 4) is 0 Å². The van der Waals surface area contributed by atoms with Crippen LogP contribution < -0.4 is 24.8 Å². The number of benzene rings is 3. The van der Waals surface area contributed by atoms with Gasteiger partial charge >= 0.3 is 21.7 Å². The fraction of sp³-hybridized carbons (Fsp3) is 0.321. The van der Waals surface area contributed by atoms with Crippen LogP contribution in [-0.2, 0) is 26.5 Å². The molecular formula is C28H33Cl2NOSiTi-4. The Morgan fingerprint density at radius 3 is 2.06 bits per heavy atom. The first-order valence-corrected chi connectivity index (χ1v) is 10.4. The standard InChI is InChI=1S/C19H15.C7H13NO.2CH3.2ClH.Si.Ti/c1-12-11-13(2)19-17-10-6-4-8-15(17)14-7-3-5-9-16(14)18(12)19;8-7(9)6-4-2-1-3-5-6;;;;;;/h3-9,11,13H,1-2H3;6H,1-5H2,(H2,8,9);2*1H3;2*1H;;/q-1;;2*-1;;;;+2/p-3. The fourth-order valence-corrected chi connectivity index (χ4v) is 4.88. The molecule has 3 aromatic rings. The second kappa shape index (κ2) is 16.6. The molecule has 0 saturated heterocycles. The SMILES string of the molecule is CC1=CC(C)c2c1c1ccccc1c1ccc[c-]c21.[CH3-].[CH3-].[Cl-].[Cl-].[NH-]C(=O)C1CCCCC1.[Si].[Ti+2]. The largest absolute Gasteiger partial charge is 2.00 e. The van der Waals surface area contributed by atoms with Gasteiger partial charge in [-0.05, 0) is 31.1 Å². The van der Waals surface area contributed by atoms with Crippen LogP contribution in [0.15, 0.2) is 48.5 Å². The molecule has 1 atom stereocenters. The maximum absolute atomic E-state index is 10.5. The van der Waals surface area contributed by atoms with Gasteiger partial charge in [0.25, 0.3) is 0 Å². The number of halogens is 2. The van der Waals surface area contributed by atoms with Gasteiger partial charge in [0.2, 0.25) is 0 Å². The number of fused-ring (bicyclic) bond motifs is 6. The Morgan fingerprint density at radius 1 is 0.941 bits per heavy atom. The maximum atomic E-state index is 10.5. The Kier molecular flexibility index (Phi) is 18.2. The summed E-state index contributed by atoms with van der Waals surface area (Å²) in [4.78, 5) is 10.5. The van der Waals surface area contributed by atoms with Gasteiger partial charge in [0.15, 0.2) is 0 Å². The number of allylic oxidation sites excluding steroid dienone is 2. The number of carbonyl (C=O) groups excluding carboxylic acids is 1. The minimum atomic E-state index is -0.352. The minimum Gasteiger partial charge on any atom is -1.00 e. The van der Waals surface area contributed by atoms with E-state index in [1.54, 1.807) is 0 Å². The van der Waals surface area contributed by atoms with E-state index in [1.807, 2.05) is 6.07 Å². The number of hydrogen-bond acceptors (Lipinski definition) is 1. The van der Waals surface area contributed by atoms with E-state index in [4.69, 9.17) is 5.73 Å². The first-order chi connectivity index (χ1) is 13.6. The van der Waals surface area contributed by atoms with Crippen molar-refractivity contribution in [2.24, 2.45) is 5.92 Å². The zero-order valence-electron chi connectivity index (χ0n) is 20.5. The molecule has 1 N–H and O–H groups in total. The van der Waals surface area contributed by atoms with Gasteiger partial charge < -0.3 is 50.2 Å². The third-order valence-corrected chi connectivity index (χ3v) is 6.21. The summed E-state index contributed by atoms with van der Waals surface area (Å²) in [5.74, 6) is 0.217. The molecule has 0 spiro atoms. The molecule has 3 aromatic carbocycles. The van der Waals surface area contributed by atoms with Crippen molar-refractivity contribution in [2.45, 2.75) is 51.9 Å². The number of nitrogens with one attached hydrogen (secondary N) is 1. The van der Waals surface area contributed by atoms with Crippen LogP contribution in [0.25, 0.3) is 32.9 Å². The molecular weight excluding hydrogens is 513 g/mol. The van der Waals surface area contributed by atoms with Crippen molar-refractivity contribution in [1.82, 2.24) is 0 Å². The second-order valence-electron chi connectivity index (χ2n) is 8.13. The van der Waals surface area contributed by atoms with Gasteiger partial charge in [0.1, 0.15) is 0 Å². The summed E-state index contributed by atoms with van der Waals surface area (Å²) in [5.41, 5.74) is 11.1. The first-order valence-electron chi connectivity index (χ1n) is 10.4. The van der Waals surface area contributed by atoms with E-state index >= 15 is 0 Å². The molecule has 1 saturated carbocycles. The molecule has 0 aromatic heterocycles. The van der Waals surface area contributed by atoms with E-state index in [0.717, 1.165) is 25.7 Å². The minimum absolute atomic E-state index is 0. The van der Waals surface area contributed by atoms with Crippen LogP contribution in [-0.4, -0.2) is 16.9 Å². The Bertz CT molecular complexity index is 1080. The summed E-state index contributed by atoms with van der Waals surface area (Å²) in [6.45, 7) is 4.51. The summed E-state index contributed by atoms with van der Waals surface area (Å²) < 4.78 is 0. The topological polar surface area (TPSA) is 40.9 Å². The fourth-order valence-electron chi connectivity index (χ4n) is 4.88. The van der Waals surface area contributed by atoms with E-state index in [-0.39, 0.29) is 84.2 Å². The van der Waals surface area contributed by atoms with Crippen LogP contribution in [0.4, 0.5) is 0 Å². The van der Waals surface area contributed by atoms with Crippen molar-refractivity contribution in [3.05, 3.63) is 86.3 Å². The molecule has 1 amide bonds. The van der Waals surface area contributed by atoms with Crippen LogP contribution in [0.1, 0.15) is 63.0 Å². The predicted octanol–water partition coefficient (Wildman–Crippen LogP) is 1.98. The molecule has 1 unspecified atom stereocenters. The zero-order chi connectivity index (χ0) is 19.7. The van der Waals surface area contributed by atoms with Gasteiger partial charge in [-0.15, -0.1) is 40.6 Å². The van der Waals surface area contributed by atoms with Crippen LogP contribution >= 0.6 is 0 Å². The number of carbonyl (C=O) groups is 1. The molecule has 2 aliphatic rings. The monoisotopic (exact) mass is 545 g/mol. The van der Waals surface area contributed by atoms with Crippen LogP contribution in [0, 0.1) is 26.8 Å². The molecule has 34 heavy (non-hydrogen) atoms. The van der Waals surface area contributed by atoms with E-state index in [9.17, 15) is 4.79 Å².